The first-order valence-corrected chi connectivity index (χ1v) is 5.62. The van der Waals surface area contributed by atoms with Gasteiger partial charge in [-0.3, -0.25) is 9.91 Å². The summed E-state index contributed by atoms with van der Waals surface area (Å²) in [5, 5.41) is 5.27. The lowest BCUT2D eigenvalue weighted by Crippen LogP contribution is -2.45. The molecule has 0 saturated carbocycles. The lowest BCUT2D eigenvalue weighted by Gasteiger charge is -2.28. The van der Waals surface area contributed by atoms with Crippen LogP contribution < -0.4 is 0 Å². The van der Waals surface area contributed by atoms with Crippen molar-refractivity contribution < 1.29 is 13.2 Å². The summed E-state index contributed by atoms with van der Waals surface area (Å²) in [5.41, 5.74) is 0. The zero-order chi connectivity index (χ0) is 12.2. The van der Waals surface area contributed by atoms with Crippen LogP contribution in [0.25, 0.3) is 0 Å². The van der Waals surface area contributed by atoms with Crippen molar-refractivity contribution in [2.45, 2.75) is 52.0 Å². The van der Waals surface area contributed by atoms with Gasteiger partial charge in [0.25, 0.3) is 0 Å². The zero-order valence-corrected chi connectivity index (χ0v) is 9.67. The van der Waals surface area contributed by atoms with E-state index >= 15 is 0 Å². The molecule has 3 nitrogen and oxygen atoms in total. The molecule has 1 unspecified atom stereocenters. The number of halogens is 3. The standard InChI is InChI=1S/C10H18F3N3/c1-3-4-5-6-7-16-9(2)15(8-14-16)10(11,12)13/h8-9H,3-7H2,1-2H3. The average molecular weight is 237 g/mol. The van der Waals surface area contributed by atoms with Crippen molar-refractivity contribution >= 4 is 6.34 Å². The second-order valence-corrected chi connectivity index (χ2v) is 3.96. The van der Waals surface area contributed by atoms with Gasteiger partial charge in [0, 0.05) is 6.54 Å². The molecular formula is C10H18F3N3. The van der Waals surface area contributed by atoms with E-state index in [-0.39, 0.29) is 0 Å². The van der Waals surface area contributed by atoms with Gasteiger partial charge in [-0.15, -0.1) is 13.2 Å². The van der Waals surface area contributed by atoms with E-state index in [9.17, 15) is 13.2 Å². The number of hydrazone groups is 1. The van der Waals surface area contributed by atoms with Crippen LogP contribution in [0, 0.1) is 0 Å². The molecule has 0 aromatic carbocycles. The van der Waals surface area contributed by atoms with Crippen LogP contribution in [-0.4, -0.2) is 35.3 Å². The van der Waals surface area contributed by atoms with Crippen LogP contribution in [0.15, 0.2) is 5.10 Å². The van der Waals surface area contributed by atoms with Gasteiger partial charge in [0.15, 0.2) is 0 Å². The fourth-order valence-corrected chi connectivity index (χ4v) is 1.68. The Morgan fingerprint density at radius 1 is 1.25 bits per heavy atom. The summed E-state index contributed by atoms with van der Waals surface area (Å²) < 4.78 is 37.3. The summed E-state index contributed by atoms with van der Waals surface area (Å²) in [5.74, 6) is 0. The van der Waals surface area contributed by atoms with Gasteiger partial charge >= 0.3 is 6.30 Å². The lowest BCUT2D eigenvalue weighted by atomic mass is 10.2. The average Bonchev–Trinajstić information content (AvgIpc) is 2.54. The maximum Gasteiger partial charge on any atom is 0.487 e. The van der Waals surface area contributed by atoms with Crippen molar-refractivity contribution in [3.63, 3.8) is 0 Å². The number of unbranched alkanes of at least 4 members (excludes halogenated alkanes) is 3. The van der Waals surface area contributed by atoms with Crippen LogP contribution in [0.4, 0.5) is 13.2 Å². The van der Waals surface area contributed by atoms with Gasteiger partial charge < -0.3 is 0 Å². The van der Waals surface area contributed by atoms with E-state index in [4.69, 9.17) is 0 Å². The molecule has 6 heteroatoms. The van der Waals surface area contributed by atoms with E-state index in [0.29, 0.717) is 11.4 Å². The van der Waals surface area contributed by atoms with E-state index in [1.54, 1.807) is 0 Å². The number of nitrogens with zero attached hydrogens (tertiary/aromatic N) is 3. The van der Waals surface area contributed by atoms with Crippen molar-refractivity contribution in [2.24, 2.45) is 5.10 Å². The fraction of sp³-hybridized carbons (Fsp3) is 0.900. The highest BCUT2D eigenvalue weighted by Crippen LogP contribution is 2.27. The predicted octanol–water partition coefficient (Wildman–Crippen LogP) is 2.99. The minimum absolute atomic E-state index is 0.326. The van der Waals surface area contributed by atoms with E-state index in [1.807, 2.05) is 0 Å². The van der Waals surface area contributed by atoms with Gasteiger partial charge in [-0.1, -0.05) is 26.2 Å². The van der Waals surface area contributed by atoms with Crippen LogP contribution in [0.2, 0.25) is 0 Å². The van der Waals surface area contributed by atoms with Gasteiger partial charge in [-0.25, -0.2) is 0 Å². The van der Waals surface area contributed by atoms with Gasteiger partial charge in [-0.2, -0.15) is 5.10 Å². The zero-order valence-electron chi connectivity index (χ0n) is 9.67. The van der Waals surface area contributed by atoms with Crippen LogP contribution in [-0.2, 0) is 0 Å². The van der Waals surface area contributed by atoms with Crippen molar-refractivity contribution in [3.8, 4) is 0 Å². The Morgan fingerprint density at radius 3 is 2.44 bits per heavy atom. The maximum absolute atomic E-state index is 12.4. The largest absolute Gasteiger partial charge is 0.487 e. The Bertz CT molecular complexity index is 240. The first-order valence-electron chi connectivity index (χ1n) is 5.62. The summed E-state index contributed by atoms with van der Waals surface area (Å²) in [6.07, 6.45) is -0.0159. The Labute approximate surface area is 93.9 Å². The highest BCUT2D eigenvalue weighted by Gasteiger charge is 2.43. The molecule has 0 radical (unpaired) electrons. The molecule has 0 spiro atoms. The van der Waals surface area contributed by atoms with Crippen molar-refractivity contribution in [1.29, 1.82) is 0 Å². The molecule has 1 heterocycles. The minimum atomic E-state index is -4.33. The second-order valence-electron chi connectivity index (χ2n) is 3.96. The minimum Gasteiger partial charge on any atom is -0.273 e. The highest BCUT2D eigenvalue weighted by atomic mass is 19.4. The monoisotopic (exact) mass is 237 g/mol. The van der Waals surface area contributed by atoms with Crippen LogP contribution >= 0.6 is 0 Å². The first kappa shape index (κ1) is 13.1. The Kier molecular flexibility index (Phi) is 4.44. The maximum atomic E-state index is 12.4. The Hall–Kier alpha value is -0.940. The molecule has 0 fully saturated rings. The molecule has 1 atom stereocenters. The number of rotatable bonds is 5. The molecule has 0 aliphatic carbocycles. The molecule has 94 valence electrons. The molecule has 1 rings (SSSR count). The van der Waals surface area contributed by atoms with Crippen LogP contribution in [0.5, 0.6) is 0 Å². The third kappa shape index (κ3) is 3.28. The van der Waals surface area contributed by atoms with E-state index in [1.165, 1.54) is 11.9 Å². The molecule has 16 heavy (non-hydrogen) atoms. The Morgan fingerprint density at radius 2 is 1.94 bits per heavy atom. The number of alkyl halides is 3. The van der Waals surface area contributed by atoms with Crippen LogP contribution in [0.1, 0.15) is 39.5 Å². The molecule has 0 saturated heterocycles. The van der Waals surface area contributed by atoms with Gasteiger partial charge in [0.05, 0.1) is 0 Å². The normalized spacial score (nSPS) is 20.9. The third-order valence-corrected chi connectivity index (χ3v) is 2.69. The molecule has 1 aliphatic heterocycles. The molecule has 0 amide bonds. The van der Waals surface area contributed by atoms with E-state index in [2.05, 4.69) is 12.0 Å². The van der Waals surface area contributed by atoms with Gasteiger partial charge in [0.1, 0.15) is 12.5 Å². The van der Waals surface area contributed by atoms with Gasteiger partial charge in [-0.05, 0) is 13.3 Å². The van der Waals surface area contributed by atoms with Crippen LogP contribution in [0.3, 0.4) is 0 Å². The first-order chi connectivity index (χ1) is 7.46. The number of hydrogen-bond donors (Lipinski definition) is 0. The van der Waals surface area contributed by atoms with E-state index < -0.39 is 12.5 Å². The summed E-state index contributed by atoms with van der Waals surface area (Å²) in [6, 6.07) is 0. The summed E-state index contributed by atoms with van der Waals surface area (Å²) >= 11 is 0. The summed E-state index contributed by atoms with van der Waals surface area (Å²) in [4.78, 5) is 0.326. The quantitative estimate of drug-likeness (QED) is 0.540. The second kappa shape index (κ2) is 5.41. The summed E-state index contributed by atoms with van der Waals surface area (Å²) in [6.45, 7) is 4.20. The third-order valence-electron chi connectivity index (χ3n) is 2.69. The molecule has 0 aromatic rings. The fourth-order valence-electron chi connectivity index (χ4n) is 1.68. The Balaban J connectivity index is 2.34. The smallest absolute Gasteiger partial charge is 0.273 e. The van der Waals surface area contributed by atoms with E-state index in [0.717, 1.165) is 32.0 Å². The summed E-state index contributed by atoms with van der Waals surface area (Å²) in [7, 11) is 0. The topological polar surface area (TPSA) is 18.8 Å². The number of hydrogen-bond acceptors (Lipinski definition) is 3. The van der Waals surface area contributed by atoms with Crippen molar-refractivity contribution in [1.82, 2.24) is 9.91 Å². The van der Waals surface area contributed by atoms with Crippen molar-refractivity contribution in [3.05, 3.63) is 0 Å². The highest BCUT2D eigenvalue weighted by molar-refractivity contribution is 5.57. The van der Waals surface area contributed by atoms with Crippen molar-refractivity contribution in [2.75, 3.05) is 6.54 Å². The molecule has 1 aliphatic rings. The molecule has 0 N–H and O–H groups in total. The molecular weight excluding hydrogens is 219 g/mol. The molecule has 0 bridgehead atoms. The van der Waals surface area contributed by atoms with Gasteiger partial charge in [0.2, 0.25) is 0 Å². The lowest BCUT2D eigenvalue weighted by molar-refractivity contribution is -0.232. The SMILES string of the molecule is CCCCCCN1N=CN(C(F)(F)F)C1C. The predicted molar refractivity (Wildman–Crippen MR) is 56.7 cm³/mol. The molecule has 0 aromatic heterocycles.